The molecule has 0 saturated heterocycles. The molecule has 1 aromatic heterocycles. The van der Waals surface area contributed by atoms with E-state index in [1.54, 1.807) is 23.0 Å². The summed E-state index contributed by atoms with van der Waals surface area (Å²) in [4.78, 5) is 12.2. The molecule has 2 aromatic rings. The third-order valence-corrected chi connectivity index (χ3v) is 3.66. The minimum Gasteiger partial charge on any atom is -0.490 e. The first kappa shape index (κ1) is 20.6. The highest BCUT2D eigenvalue weighted by molar-refractivity contribution is 6.01. The van der Waals surface area contributed by atoms with E-state index in [-0.39, 0.29) is 5.91 Å². The van der Waals surface area contributed by atoms with Crippen molar-refractivity contribution in [2.75, 3.05) is 18.5 Å². The Morgan fingerprint density at radius 1 is 1.22 bits per heavy atom. The molecule has 1 amide bonds. The van der Waals surface area contributed by atoms with Crippen LogP contribution in [0.15, 0.2) is 36.5 Å². The minimum absolute atomic E-state index is 0.204. The first-order valence-electron chi connectivity index (χ1n) is 9.44. The lowest BCUT2D eigenvalue weighted by atomic mass is 10.2. The van der Waals surface area contributed by atoms with Crippen LogP contribution >= 0.6 is 0 Å². The van der Waals surface area contributed by atoms with Gasteiger partial charge in [-0.2, -0.15) is 5.10 Å². The van der Waals surface area contributed by atoms with Crippen LogP contribution in [0.4, 0.5) is 5.82 Å². The molecule has 1 heterocycles. The van der Waals surface area contributed by atoms with Gasteiger partial charge in [0, 0.05) is 18.7 Å². The van der Waals surface area contributed by atoms with E-state index in [2.05, 4.69) is 31.2 Å². The van der Waals surface area contributed by atoms with Gasteiger partial charge < -0.3 is 14.8 Å². The summed E-state index contributed by atoms with van der Waals surface area (Å²) in [5, 5.41) is 7.11. The van der Waals surface area contributed by atoms with E-state index in [4.69, 9.17) is 9.47 Å². The van der Waals surface area contributed by atoms with Crippen molar-refractivity contribution in [3.63, 3.8) is 0 Å². The van der Waals surface area contributed by atoms with Crippen molar-refractivity contribution in [1.29, 1.82) is 0 Å². The van der Waals surface area contributed by atoms with Crippen molar-refractivity contribution in [2.45, 2.75) is 40.7 Å². The summed E-state index contributed by atoms with van der Waals surface area (Å²) in [6.45, 7) is 10.2. The molecule has 0 aliphatic rings. The molecule has 0 spiro atoms. The van der Waals surface area contributed by atoms with Gasteiger partial charge in [-0.05, 0) is 43.0 Å². The van der Waals surface area contributed by atoms with Crippen LogP contribution in [0.2, 0.25) is 0 Å². The zero-order valence-electron chi connectivity index (χ0n) is 16.6. The molecule has 2 rings (SSSR count). The average molecular weight is 371 g/mol. The number of rotatable bonds is 10. The van der Waals surface area contributed by atoms with Gasteiger partial charge in [0.15, 0.2) is 11.5 Å². The molecule has 0 bridgehead atoms. The Hall–Kier alpha value is -2.76. The fourth-order valence-corrected chi connectivity index (χ4v) is 2.50. The maximum atomic E-state index is 12.2. The van der Waals surface area contributed by atoms with Crippen molar-refractivity contribution >= 4 is 17.8 Å². The van der Waals surface area contributed by atoms with E-state index < -0.39 is 0 Å². The SMILES string of the molecule is CCCOc1ccc(/C=C/C(=O)Nc2ccnn2CC(C)C)cc1OCC. The summed E-state index contributed by atoms with van der Waals surface area (Å²) in [5.41, 5.74) is 0.869. The quantitative estimate of drug-likeness (QED) is 0.630. The maximum absolute atomic E-state index is 12.2. The second kappa shape index (κ2) is 10.4. The summed E-state index contributed by atoms with van der Waals surface area (Å²) in [6, 6.07) is 7.44. The van der Waals surface area contributed by atoms with Crippen LogP contribution in [0.25, 0.3) is 6.08 Å². The molecule has 0 fully saturated rings. The predicted molar refractivity (Wildman–Crippen MR) is 108 cm³/mol. The lowest BCUT2D eigenvalue weighted by molar-refractivity contribution is -0.111. The van der Waals surface area contributed by atoms with E-state index in [0.29, 0.717) is 30.7 Å². The molecule has 146 valence electrons. The number of amides is 1. The molecule has 0 unspecified atom stereocenters. The Morgan fingerprint density at radius 3 is 2.74 bits per heavy atom. The Morgan fingerprint density at radius 2 is 2.04 bits per heavy atom. The molecule has 27 heavy (non-hydrogen) atoms. The van der Waals surface area contributed by atoms with Crippen molar-refractivity contribution < 1.29 is 14.3 Å². The third-order valence-electron chi connectivity index (χ3n) is 3.66. The highest BCUT2D eigenvalue weighted by Gasteiger charge is 2.08. The third kappa shape index (κ3) is 6.47. The summed E-state index contributed by atoms with van der Waals surface area (Å²) in [5.74, 6) is 2.34. The number of ether oxygens (including phenoxy) is 2. The number of aromatic nitrogens is 2. The van der Waals surface area contributed by atoms with Gasteiger partial charge in [-0.3, -0.25) is 4.79 Å². The zero-order chi connectivity index (χ0) is 19.6. The maximum Gasteiger partial charge on any atom is 0.249 e. The van der Waals surface area contributed by atoms with Crippen LogP contribution in [-0.2, 0) is 11.3 Å². The van der Waals surface area contributed by atoms with Crippen molar-refractivity contribution in [3.05, 3.63) is 42.1 Å². The molecular formula is C21H29N3O3. The first-order chi connectivity index (χ1) is 13.0. The van der Waals surface area contributed by atoms with E-state index in [1.165, 1.54) is 6.08 Å². The number of carbonyl (C=O) groups is 1. The van der Waals surface area contributed by atoms with E-state index >= 15 is 0 Å². The van der Waals surface area contributed by atoms with E-state index in [9.17, 15) is 4.79 Å². The van der Waals surface area contributed by atoms with Crippen molar-refractivity contribution in [2.24, 2.45) is 5.92 Å². The Kier molecular flexibility index (Phi) is 7.92. The first-order valence-corrected chi connectivity index (χ1v) is 9.44. The monoisotopic (exact) mass is 371 g/mol. The second-order valence-electron chi connectivity index (χ2n) is 6.60. The van der Waals surface area contributed by atoms with Crippen LogP contribution < -0.4 is 14.8 Å². The van der Waals surface area contributed by atoms with Gasteiger partial charge in [0.1, 0.15) is 5.82 Å². The highest BCUT2D eigenvalue weighted by atomic mass is 16.5. The van der Waals surface area contributed by atoms with Gasteiger partial charge in [-0.15, -0.1) is 0 Å². The van der Waals surface area contributed by atoms with Crippen LogP contribution in [0.1, 0.15) is 39.7 Å². The number of benzene rings is 1. The fraction of sp³-hybridized carbons (Fsp3) is 0.429. The summed E-state index contributed by atoms with van der Waals surface area (Å²) >= 11 is 0. The fourth-order valence-electron chi connectivity index (χ4n) is 2.50. The molecule has 0 aliphatic carbocycles. The standard InChI is InChI=1S/C21H29N3O3/c1-5-13-27-18-9-7-17(14-19(18)26-6-2)8-10-21(25)23-20-11-12-22-24(20)15-16(3)4/h7-12,14,16H,5-6,13,15H2,1-4H3,(H,23,25)/b10-8+. The summed E-state index contributed by atoms with van der Waals surface area (Å²) in [6.07, 6.45) is 5.88. The zero-order valence-corrected chi connectivity index (χ0v) is 16.6. The molecule has 0 radical (unpaired) electrons. The lowest BCUT2D eigenvalue weighted by Crippen LogP contribution is -2.15. The predicted octanol–water partition coefficient (Wildman–Crippen LogP) is 4.38. The minimum atomic E-state index is -0.204. The molecule has 1 aromatic carbocycles. The van der Waals surface area contributed by atoms with Crippen LogP contribution in [0, 0.1) is 5.92 Å². The van der Waals surface area contributed by atoms with Crippen LogP contribution in [0.3, 0.4) is 0 Å². The molecule has 6 nitrogen and oxygen atoms in total. The van der Waals surface area contributed by atoms with E-state index in [1.807, 2.05) is 25.1 Å². The second-order valence-corrected chi connectivity index (χ2v) is 6.60. The Labute approximate surface area is 161 Å². The Balaban J connectivity index is 2.05. The van der Waals surface area contributed by atoms with Gasteiger partial charge in [-0.25, -0.2) is 4.68 Å². The van der Waals surface area contributed by atoms with Crippen LogP contribution in [0.5, 0.6) is 11.5 Å². The van der Waals surface area contributed by atoms with Crippen LogP contribution in [-0.4, -0.2) is 28.9 Å². The van der Waals surface area contributed by atoms with Gasteiger partial charge in [0.05, 0.1) is 19.4 Å². The van der Waals surface area contributed by atoms with Gasteiger partial charge >= 0.3 is 0 Å². The molecular weight excluding hydrogens is 342 g/mol. The smallest absolute Gasteiger partial charge is 0.249 e. The molecule has 0 atom stereocenters. The number of hydrogen-bond acceptors (Lipinski definition) is 4. The number of nitrogens with one attached hydrogen (secondary N) is 1. The number of nitrogens with zero attached hydrogens (tertiary/aromatic N) is 2. The average Bonchev–Trinajstić information content (AvgIpc) is 3.05. The molecule has 0 aliphatic heterocycles. The van der Waals surface area contributed by atoms with Gasteiger partial charge in [-0.1, -0.05) is 26.8 Å². The largest absolute Gasteiger partial charge is 0.490 e. The lowest BCUT2D eigenvalue weighted by Gasteiger charge is -2.12. The molecule has 6 heteroatoms. The number of anilines is 1. The number of carbonyl (C=O) groups excluding carboxylic acids is 1. The van der Waals surface area contributed by atoms with Crippen molar-refractivity contribution in [1.82, 2.24) is 9.78 Å². The number of hydrogen-bond donors (Lipinski definition) is 1. The van der Waals surface area contributed by atoms with Gasteiger partial charge in [0.25, 0.3) is 0 Å². The highest BCUT2D eigenvalue weighted by Crippen LogP contribution is 2.29. The molecule has 1 N–H and O–H groups in total. The topological polar surface area (TPSA) is 65.4 Å². The van der Waals surface area contributed by atoms with Crippen molar-refractivity contribution in [3.8, 4) is 11.5 Å². The van der Waals surface area contributed by atoms with E-state index in [0.717, 1.165) is 24.3 Å². The summed E-state index contributed by atoms with van der Waals surface area (Å²) < 4.78 is 13.1. The molecule has 0 saturated carbocycles. The summed E-state index contributed by atoms with van der Waals surface area (Å²) in [7, 11) is 0. The normalized spacial score (nSPS) is 11.1. The Bertz CT molecular complexity index is 766. The van der Waals surface area contributed by atoms with Gasteiger partial charge in [0.2, 0.25) is 5.91 Å².